The molecule has 0 fully saturated rings. The van der Waals surface area contributed by atoms with Gasteiger partial charge in [-0.25, -0.2) is 0 Å². The van der Waals surface area contributed by atoms with Crippen molar-refractivity contribution in [3.8, 4) is 0 Å². The van der Waals surface area contributed by atoms with Gasteiger partial charge in [0.25, 0.3) is 0 Å². The second-order valence-corrected chi connectivity index (χ2v) is 11.6. The van der Waals surface area contributed by atoms with Crippen molar-refractivity contribution in [2.75, 3.05) is 24.6 Å². The first-order valence-electron chi connectivity index (χ1n) is 9.55. The predicted octanol–water partition coefficient (Wildman–Crippen LogP) is 5.74. The summed E-state index contributed by atoms with van der Waals surface area (Å²) in [4.78, 5) is 0. The van der Waals surface area contributed by atoms with E-state index in [9.17, 15) is 0 Å². The van der Waals surface area contributed by atoms with E-state index in [1.807, 2.05) is 0 Å². The predicted molar refractivity (Wildman–Crippen MR) is 104 cm³/mol. The molecule has 1 N–H and O–H groups in total. The molecule has 22 heavy (non-hydrogen) atoms. The van der Waals surface area contributed by atoms with Crippen molar-refractivity contribution in [2.45, 2.75) is 79.1 Å². The van der Waals surface area contributed by atoms with Crippen LogP contribution in [0.5, 0.6) is 0 Å². The van der Waals surface area contributed by atoms with Crippen molar-refractivity contribution >= 4 is 7.26 Å². The fourth-order valence-electron chi connectivity index (χ4n) is 3.12. The Balaban J connectivity index is 0.000000734. The van der Waals surface area contributed by atoms with Gasteiger partial charge in [0, 0.05) is 6.20 Å². The minimum Gasteiger partial charge on any atom is -0.266 e. The topological polar surface area (TPSA) is 41.6 Å². The molecule has 0 spiro atoms. The maximum Gasteiger partial charge on any atom is 0.0690 e. The van der Waals surface area contributed by atoms with E-state index >= 15 is 0 Å². The van der Waals surface area contributed by atoms with Crippen molar-refractivity contribution < 1.29 is 0 Å². The number of rotatable bonds is 12. The zero-order valence-electron chi connectivity index (χ0n) is 15.5. The Morgan fingerprint density at radius 1 is 0.727 bits per heavy atom. The molecule has 0 aromatic carbocycles. The molecule has 3 nitrogen and oxygen atoms in total. The molecule has 0 aliphatic carbocycles. The van der Waals surface area contributed by atoms with Crippen molar-refractivity contribution in [1.82, 2.24) is 15.4 Å². The largest absolute Gasteiger partial charge is 0.266 e. The van der Waals surface area contributed by atoms with E-state index in [-0.39, 0.29) is 0 Å². The molecule has 0 saturated heterocycles. The monoisotopic (exact) mass is 329 g/mol. The number of nitrogens with zero attached hydrogens (tertiary/aromatic N) is 2. The fourth-order valence-corrected chi connectivity index (χ4v) is 9.04. The number of hydrogen-bond donors (Lipinski definition) is 1. The van der Waals surface area contributed by atoms with Crippen LogP contribution >= 0.6 is 7.26 Å². The molecule has 0 radical (unpaired) electrons. The summed E-state index contributed by atoms with van der Waals surface area (Å²) in [5, 5.41) is 9.26. The van der Waals surface area contributed by atoms with Gasteiger partial charge in [-0.05, 0) is 0 Å². The van der Waals surface area contributed by atoms with Gasteiger partial charge in [0.2, 0.25) is 0 Å². The van der Waals surface area contributed by atoms with Gasteiger partial charge in [0.15, 0.2) is 0 Å². The van der Waals surface area contributed by atoms with Gasteiger partial charge in [-0.3, -0.25) is 5.10 Å². The average Bonchev–Trinajstić information content (AvgIpc) is 3.13. The number of unbranched alkanes of at least 4 members (excludes halogenated alkanes) is 4. The third-order valence-corrected chi connectivity index (χ3v) is 10.2. The third-order valence-electron chi connectivity index (χ3n) is 4.57. The summed E-state index contributed by atoms with van der Waals surface area (Å²) >= 11 is 0. The Kier molecular flexibility index (Phi) is 15.2. The molecule has 0 unspecified atom stereocenters. The van der Waals surface area contributed by atoms with E-state index < -0.39 is 7.26 Å². The molecule has 1 rings (SSSR count). The summed E-state index contributed by atoms with van der Waals surface area (Å²) < 4.78 is 0. The van der Waals surface area contributed by atoms with Gasteiger partial charge in [-0.2, -0.15) is 0 Å². The van der Waals surface area contributed by atoms with E-state index in [0.717, 1.165) is 0 Å². The van der Waals surface area contributed by atoms with Crippen LogP contribution < -0.4 is 0 Å². The Bertz CT molecular complexity index is 247. The molecule has 132 valence electrons. The first kappa shape index (κ1) is 21.6. The van der Waals surface area contributed by atoms with Crippen LogP contribution in [0, 0.1) is 0 Å². The van der Waals surface area contributed by atoms with E-state index in [0.29, 0.717) is 0 Å². The first-order valence-corrected chi connectivity index (χ1v) is 12.4. The molecule has 0 bridgehead atoms. The van der Waals surface area contributed by atoms with Crippen LogP contribution in [0.1, 0.15) is 79.1 Å². The smallest absolute Gasteiger partial charge is 0.0690 e. The Morgan fingerprint density at radius 3 is 1.32 bits per heavy atom. The minimum atomic E-state index is -0.879. The molecule has 0 aliphatic heterocycles. The molecule has 1 heterocycles. The van der Waals surface area contributed by atoms with Gasteiger partial charge < -0.3 is 0 Å². The second-order valence-electron chi connectivity index (χ2n) is 6.57. The van der Waals surface area contributed by atoms with Gasteiger partial charge in [-0.1, -0.05) is 5.21 Å². The van der Waals surface area contributed by atoms with Crippen molar-refractivity contribution in [2.24, 2.45) is 0 Å². The summed E-state index contributed by atoms with van der Waals surface area (Å²) in [6.07, 6.45) is 21.4. The van der Waals surface area contributed by atoms with Crippen LogP contribution in [0.25, 0.3) is 0 Å². The number of aromatic amines is 1. The number of aromatic nitrogens is 3. The average molecular weight is 330 g/mol. The zero-order valence-corrected chi connectivity index (χ0v) is 16.5. The SMILES string of the molecule is CCCC[PH](CCCC)(CCCC)CCCC.c1c[nH]nn1. The molecule has 0 saturated carbocycles. The van der Waals surface area contributed by atoms with Crippen LogP contribution in [0.15, 0.2) is 12.4 Å². The number of nitrogens with one attached hydrogen (secondary N) is 1. The number of hydrogen-bond acceptors (Lipinski definition) is 2. The third kappa shape index (κ3) is 11.2. The van der Waals surface area contributed by atoms with Crippen molar-refractivity contribution in [1.29, 1.82) is 0 Å². The standard InChI is InChI=1S/C16H37P.C2H3N3/c1-5-9-13-17(14-10-6-2,15-11-7-3)16-12-8-4;1-2-4-5-3-1/h17H,5-16H2,1-4H3;1-2H,(H,3,4,5). The molecule has 0 amide bonds. The Labute approximate surface area is 139 Å². The second kappa shape index (κ2) is 15.5. The molecule has 4 heteroatoms. The summed E-state index contributed by atoms with van der Waals surface area (Å²) in [7, 11) is -0.879. The van der Waals surface area contributed by atoms with Gasteiger partial charge >= 0.3 is 111 Å². The Morgan fingerprint density at radius 2 is 1.14 bits per heavy atom. The maximum absolute atomic E-state index is 3.42. The summed E-state index contributed by atoms with van der Waals surface area (Å²) in [5.74, 6) is 0. The maximum atomic E-state index is 3.42. The van der Waals surface area contributed by atoms with Crippen molar-refractivity contribution in [3.63, 3.8) is 0 Å². The van der Waals surface area contributed by atoms with E-state index in [2.05, 4.69) is 43.1 Å². The Hall–Kier alpha value is -0.430. The zero-order chi connectivity index (χ0) is 16.5. The molecule has 0 aliphatic rings. The van der Waals surface area contributed by atoms with Crippen LogP contribution in [0.4, 0.5) is 0 Å². The quantitative estimate of drug-likeness (QED) is 0.497. The minimum absolute atomic E-state index is 0.879. The van der Waals surface area contributed by atoms with Crippen molar-refractivity contribution in [3.05, 3.63) is 12.4 Å². The summed E-state index contributed by atoms with van der Waals surface area (Å²) in [6.45, 7) is 9.44. The number of H-pyrrole nitrogens is 1. The normalized spacial score (nSPS) is 11.8. The summed E-state index contributed by atoms with van der Waals surface area (Å²) in [5.41, 5.74) is 0. The molecule has 1 aromatic rings. The van der Waals surface area contributed by atoms with Gasteiger partial charge in [0.05, 0.1) is 6.20 Å². The molecule has 1 aromatic heterocycles. The van der Waals surface area contributed by atoms with Crippen LogP contribution in [-0.4, -0.2) is 40.1 Å². The summed E-state index contributed by atoms with van der Waals surface area (Å²) in [6, 6.07) is 0. The van der Waals surface area contributed by atoms with E-state index in [1.54, 1.807) is 37.0 Å². The first-order chi connectivity index (χ1) is 10.7. The molecular weight excluding hydrogens is 289 g/mol. The van der Waals surface area contributed by atoms with E-state index in [4.69, 9.17) is 0 Å². The van der Waals surface area contributed by atoms with Crippen LogP contribution in [-0.2, 0) is 0 Å². The van der Waals surface area contributed by atoms with E-state index in [1.165, 1.54) is 51.4 Å². The molecule has 0 atom stereocenters. The van der Waals surface area contributed by atoms with Crippen LogP contribution in [0.3, 0.4) is 0 Å². The van der Waals surface area contributed by atoms with Crippen LogP contribution in [0.2, 0.25) is 0 Å². The van der Waals surface area contributed by atoms with Gasteiger partial charge in [0.1, 0.15) is 0 Å². The van der Waals surface area contributed by atoms with Gasteiger partial charge in [-0.15, -0.1) is 5.10 Å². The fraction of sp³-hybridized carbons (Fsp3) is 0.889. The molecular formula is C18H40N3P.